The number of halogens is 3. The number of amides is 1. The molecule has 3 aliphatic rings. The van der Waals surface area contributed by atoms with Gasteiger partial charge in [-0.25, -0.2) is 4.98 Å². The predicted molar refractivity (Wildman–Crippen MR) is 142 cm³/mol. The van der Waals surface area contributed by atoms with Gasteiger partial charge in [0.25, 0.3) is 5.56 Å². The molecule has 3 fully saturated rings. The van der Waals surface area contributed by atoms with Crippen LogP contribution in [0.3, 0.4) is 0 Å². The summed E-state index contributed by atoms with van der Waals surface area (Å²) >= 11 is 0. The molecule has 12 heteroatoms. The number of hydrogen-bond acceptors (Lipinski definition) is 7. The molecule has 0 radical (unpaired) electrons. The Hall–Kier alpha value is -3.48. The van der Waals surface area contributed by atoms with Crippen LogP contribution in [0.5, 0.6) is 5.75 Å². The molecule has 1 atom stereocenters. The molecule has 9 nitrogen and oxygen atoms in total. The third-order valence-electron chi connectivity index (χ3n) is 8.15. The van der Waals surface area contributed by atoms with Gasteiger partial charge in [0, 0.05) is 38.7 Å². The number of ether oxygens (including phenoxy) is 2. The summed E-state index contributed by atoms with van der Waals surface area (Å²) in [5, 5.41) is 3.06. The van der Waals surface area contributed by atoms with Crippen LogP contribution in [0, 0.1) is 0 Å². The lowest BCUT2D eigenvalue weighted by Gasteiger charge is -2.37. The first-order chi connectivity index (χ1) is 19.1. The number of nitrogens with one attached hydrogen (secondary N) is 1. The molecule has 3 aromatic rings. The summed E-state index contributed by atoms with van der Waals surface area (Å²) in [6.07, 6.45) is -1.46. The number of aromatic nitrogens is 2. The lowest BCUT2D eigenvalue weighted by molar-refractivity contribution is -0.274. The van der Waals surface area contributed by atoms with Gasteiger partial charge < -0.3 is 19.7 Å². The Kier molecular flexibility index (Phi) is 6.79. The second kappa shape index (κ2) is 10.2. The molecule has 2 aliphatic heterocycles. The Morgan fingerprint density at radius 2 is 1.90 bits per heavy atom. The maximum absolute atomic E-state index is 13.4. The molecule has 0 bridgehead atoms. The van der Waals surface area contributed by atoms with Gasteiger partial charge in [0.1, 0.15) is 11.9 Å². The van der Waals surface area contributed by atoms with Crippen molar-refractivity contribution >= 4 is 22.5 Å². The quantitative estimate of drug-likeness (QED) is 0.496. The number of piperazine rings is 1. The zero-order valence-corrected chi connectivity index (χ0v) is 22.0. The number of likely N-dealkylation sites (N-methyl/N-ethyl adjacent to an activating group) is 1. The summed E-state index contributed by atoms with van der Waals surface area (Å²) in [5.74, 6) is -0.681. The highest BCUT2D eigenvalue weighted by atomic mass is 19.4. The van der Waals surface area contributed by atoms with E-state index in [1.54, 1.807) is 6.07 Å². The Morgan fingerprint density at radius 1 is 1.12 bits per heavy atom. The number of rotatable bonds is 6. The van der Waals surface area contributed by atoms with Crippen molar-refractivity contribution in [2.24, 2.45) is 0 Å². The van der Waals surface area contributed by atoms with Gasteiger partial charge >= 0.3 is 6.36 Å². The van der Waals surface area contributed by atoms with Crippen LogP contribution in [0.15, 0.2) is 47.5 Å². The van der Waals surface area contributed by atoms with E-state index in [-0.39, 0.29) is 28.8 Å². The molecule has 0 spiro atoms. The van der Waals surface area contributed by atoms with Crippen LogP contribution in [0.25, 0.3) is 16.6 Å². The molecule has 1 amide bonds. The summed E-state index contributed by atoms with van der Waals surface area (Å²) in [6.45, 7) is 4.33. The van der Waals surface area contributed by atoms with E-state index in [9.17, 15) is 22.8 Å². The van der Waals surface area contributed by atoms with E-state index in [1.165, 1.54) is 23.0 Å². The van der Waals surface area contributed by atoms with Crippen LogP contribution in [-0.2, 0) is 9.53 Å². The number of carbonyl (C=O) groups excluding carboxylic acids is 1. The zero-order valence-electron chi connectivity index (χ0n) is 22.0. The van der Waals surface area contributed by atoms with E-state index in [1.807, 2.05) is 19.2 Å². The van der Waals surface area contributed by atoms with Gasteiger partial charge in [-0.3, -0.25) is 19.1 Å². The average Bonchev–Trinajstić information content (AvgIpc) is 3.55. The van der Waals surface area contributed by atoms with Crippen LogP contribution >= 0.6 is 0 Å². The van der Waals surface area contributed by atoms with Gasteiger partial charge in [-0.1, -0.05) is 6.07 Å². The van der Waals surface area contributed by atoms with E-state index in [4.69, 9.17) is 4.74 Å². The molecular weight excluding hydrogens is 527 g/mol. The van der Waals surface area contributed by atoms with Crippen molar-refractivity contribution in [1.82, 2.24) is 19.4 Å². The number of anilines is 1. The van der Waals surface area contributed by atoms with Crippen molar-refractivity contribution in [3.63, 3.8) is 0 Å². The van der Waals surface area contributed by atoms with Crippen molar-refractivity contribution in [3.05, 3.63) is 58.6 Å². The Morgan fingerprint density at radius 3 is 2.58 bits per heavy atom. The van der Waals surface area contributed by atoms with E-state index in [0.717, 1.165) is 31.1 Å². The van der Waals surface area contributed by atoms with Gasteiger partial charge in [0.15, 0.2) is 5.75 Å². The Bertz CT molecular complexity index is 1490. The fourth-order valence-electron chi connectivity index (χ4n) is 5.63. The molecule has 1 aliphatic carbocycles. The molecule has 6 rings (SSSR count). The molecule has 212 valence electrons. The van der Waals surface area contributed by atoms with E-state index >= 15 is 0 Å². The average molecular weight is 558 g/mol. The first-order valence-corrected chi connectivity index (χ1v) is 13.4. The van der Waals surface area contributed by atoms with Crippen molar-refractivity contribution in [3.8, 4) is 11.4 Å². The number of fused-ring (bicyclic) bond motifs is 1. The van der Waals surface area contributed by atoms with E-state index in [0.29, 0.717) is 50.0 Å². The van der Waals surface area contributed by atoms with E-state index < -0.39 is 17.7 Å². The first-order valence-electron chi connectivity index (χ1n) is 13.4. The molecule has 2 aromatic carbocycles. The maximum Gasteiger partial charge on any atom is 0.573 e. The van der Waals surface area contributed by atoms with Crippen molar-refractivity contribution in [1.29, 1.82) is 0 Å². The summed E-state index contributed by atoms with van der Waals surface area (Å²) in [7, 11) is 2.01. The summed E-state index contributed by atoms with van der Waals surface area (Å²) in [4.78, 5) is 35.6. The smallest absolute Gasteiger partial charge is 0.404 e. The third-order valence-corrected chi connectivity index (χ3v) is 8.15. The van der Waals surface area contributed by atoms with Gasteiger partial charge in [-0.05, 0) is 62.2 Å². The topological polar surface area (TPSA) is 88.9 Å². The second-order valence-corrected chi connectivity index (χ2v) is 10.8. The molecular formula is C28H30F3N5O4. The van der Waals surface area contributed by atoms with Gasteiger partial charge in [-0.2, -0.15) is 0 Å². The van der Waals surface area contributed by atoms with Crippen LogP contribution in [0.4, 0.5) is 18.9 Å². The van der Waals surface area contributed by atoms with Gasteiger partial charge in [0.2, 0.25) is 5.91 Å². The van der Waals surface area contributed by atoms with Crippen molar-refractivity contribution in [2.75, 3.05) is 51.8 Å². The normalized spacial score (nSPS) is 21.4. The Balaban J connectivity index is 1.32. The lowest BCUT2D eigenvalue weighted by atomic mass is 9.97. The second-order valence-electron chi connectivity index (χ2n) is 10.8. The molecule has 2 saturated heterocycles. The fourth-order valence-corrected chi connectivity index (χ4v) is 5.63. The standard InChI is InChI=1S/C28H30F3N5O4/c1-34-9-11-35(12-10-34)27(7-8-27)26(38)33-23-15-20(3-5-24(23)40-28(29,30)31)36-17-32-22-14-18(19-6-13-39-16-19)2-4-21(22)25(36)37/h2-5,14-15,17,19H,6-13,16H2,1H3,(H,33,38). The largest absolute Gasteiger partial charge is 0.573 e. The fraction of sp³-hybridized carbons (Fsp3) is 0.464. The van der Waals surface area contributed by atoms with Crippen molar-refractivity contribution in [2.45, 2.75) is 37.1 Å². The van der Waals surface area contributed by atoms with Gasteiger partial charge in [0.05, 0.1) is 28.9 Å². The predicted octanol–water partition coefficient (Wildman–Crippen LogP) is 3.51. The minimum atomic E-state index is -4.96. The van der Waals surface area contributed by atoms with Crippen LogP contribution in [-0.4, -0.2) is 83.6 Å². The molecule has 1 saturated carbocycles. The van der Waals surface area contributed by atoms with Crippen molar-refractivity contribution < 1.29 is 27.4 Å². The highest BCUT2D eigenvalue weighted by Gasteiger charge is 2.55. The number of alkyl halides is 3. The van der Waals surface area contributed by atoms with Gasteiger partial charge in [-0.15, -0.1) is 13.2 Å². The minimum Gasteiger partial charge on any atom is -0.404 e. The SMILES string of the molecule is CN1CCN(C2(C(=O)Nc3cc(-n4cnc5cc(C6CCOC6)ccc5c4=O)ccc3OC(F)(F)F)CC2)CC1. The number of carbonyl (C=O) groups is 1. The monoisotopic (exact) mass is 557 g/mol. The first kappa shape index (κ1) is 26.7. The molecule has 1 aromatic heterocycles. The van der Waals surface area contributed by atoms with Crippen LogP contribution in [0.2, 0.25) is 0 Å². The molecule has 1 N–H and O–H groups in total. The number of benzene rings is 2. The summed E-state index contributed by atoms with van der Waals surface area (Å²) in [6, 6.07) is 9.23. The molecule has 3 heterocycles. The molecule has 1 unspecified atom stereocenters. The summed E-state index contributed by atoms with van der Waals surface area (Å²) in [5.41, 5.74) is 0.528. The highest BCUT2D eigenvalue weighted by Crippen LogP contribution is 2.44. The summed E-state index contributed by atoms with van der Waals surface area (Å²) < 4.78 is 50.6. The number of hydrogen-bond donors (Lipinski definition) is 1. The lowest BCUT2D eigenvalue weighted by Crippen LogP contribution is -2.54. The minimum absolute atomic E-state index is 0.163. The highest BCUT2D eigenvalue weighted by molar-refractivity contribution is 6.01. The number of nitrogens with zero attached hydrogens (tertiary/aromatic N) is 4. The van der Waals surface area contributed by atoms with Crippen LogP contribution < -0.4 is 15.6 Å². The zero-order chi connectivity index (χ0) is 28.1. The Labute approximate surface area is 228 Å². The van der Waals surface area contributed by atoms with Crippen LogP contribution in [0.1, 0.15) is 30.7 Å². The maximum atomic E-state index is 13.4. The molecule has 40 heavy (non-hydrogen) atoms. The third kappa shape index (κ3) is 5.18. The van der Waals surface area contributed by atoms with E-state index in [2.05, 4.69) is 24.8 Å².